The molecule has 0 fully saturated rings. The van der Waals surface area contributed by atoms with Crippen LogP contribution in [-0.4, -0.2) is 11.6 Å². The number of hydrogen-bond acceptors (Lipinski definition) is 4. The maximum atomic E-state index is 8.74. The van der Waals surface area contributed by atoms with E-state index in [0.717, 1.165) is 5.75 Å². The lowest BCUT2D eigenvalue weighted by Crippen LogP contribution is -1.91. The van der Waals surface area contributed by atoms with Gasteiger partial charge in [0.15, 0.2) is 0 Å². The zero-order chi connectivity index (χ0) is 12.8. The molecule has 0 aliphatic rings. The molecule has 4 heteroatoms. The number of rotatable bonds is 4. The smallest absolute Gasteiger partial charge is 0.144 e. The van der Waals surface area contributed by atoms with Gasteiger partial charge >= 0.3 is 0 Å². The summed E-state index contributed by atoms with van der Waals surface area (Å²) in [5.74, 6) is 2.08. The number of ether oxygens (including phenoxy) is 2. The first-order valence-corrected chi connectivity index (χ1v) is 5.58. The van der Waals surface area contributed by atoms with Gasteiger partial charge in [-0.3, -0.25) is 0 Å². The van der Waals surface area contributed by atoms with Gasteiger partial charge < -0.3 is 9.47 Å². The average molecular weight is 240 g/mol. The van der Waals surface area contributed by atoms with Gasteiger partial charge in [-0.2, -0.15) is 5.26 Å². The minimum atomic E-state index is 0.332. The summed E-state index contributed by atoms with van der Waals surface area (Å²) in [4.78, 5) is 3.88. The van der Waals surface area contributed by atoms with Crippen LogP contribution in [0.2, 0.25) is 0 Å². The molecule has 0 radical (unpaired) electrons. The molecule has 4 nitrogen and oxygen atoms in total. The van der Waals surface area contributed by atoms with E-state index in [9.17, 15) is 0 Å². The summed E-state index contributed by atoms with van der Waals surface area (Å²) in [7, 11) is 0. The van der Waals surface area contributed by atoms with E-state index >= 15 is 0 Å². The maximum absolute atomic E-state index is 8.74. The van der Waals surface area contributed by atoms with Crippen molar-refractivity contribution in [3.05, 3.63) is 48.3 Å². The van der Waals surface area contributed by atoms with Gasteiger partial charge in [0.05, 0.1) is 6.61 Å². The highest BCUT2D eigenvalue weighted by Gasteiger charge is 2.00. The zero-order valence-electron chi connectivity index (χ0n) is 9.96. The molecule has 90 valence electrons. The van der Waals surface area contributed by atoms with Crippen LogP contribution >= 0.6 is 0 Å². The van der Waals surface area contributed by atoms with Crippen LogP contribution in [0.4, 0.5) is 0 Å². The quantitative estimate of drug-likeness (QED) is 0.823. The van der Waals surface area contributed by atoms with Gasteiger partial charge in [0, 0.05) is 12.3 Å². The number of nitrogens with zero attached hydrogens (tertiary/aromatic N) is 2. The molecule has 2 aromatic rings. The number of pyridine rings is 1. The first kappa shape index (κ1) is 11.9. The van der Waals surface area contributed by atoms with E-state index in [4.69, 9.17) is 14.7 Å². The van der Waals surface area contributed by atoms with Gasteiger partial charge in [0.1, 0.15) is 29.0 Å². The summed E-state index contributed by atoms with van der Waals surface area (Å²) in [6.45, 7) is 2.57. The van der Waals surface area contributed by atoms with Gasteiger partial charge in [-0.15, -0.1) is 0 Å². The van der Waals surface area contributed by atoms with Gasteiger partial charge in [-0.1, -0.05) is 0 Å². The van der Waals surface area contributed by atoms with E-state index in [1.807, 2.05) is 37.3 Å². The second kappa shape index (κ2) is 5.69. The molecule has 18 heavy (non-hydrogen) atoms. The molecule has 1 heterocycles. The van der Waals surface area contributed by atoms with Crippen LogP contribution < -0.4 is 9.47 Å². The zero-order valence-corrected chi connectivity index (χ0v) is 9.96. The van der Waals surface area contributed by atoms with Crippen molar-refractivity contribution >= 4 is 0 Å². The van der Waals surface area contributed by atoms with E-state index in [0.29, 0.717) is 23.8 Å². The number of aromatic nitrogens is 1. The number of nitriles is 1. The highest BCUT2D eigenvalue weighted by Crippen LogP contribution is 2.23. The van der Waals surface area contributed by atoms with Crippen LogP contribution in [0.25, 0.3) is 0 Å². The Hall–Kier alpha value is -2.54. The largest absolute Gasteiger partial charge is 0.494 e. The summed E-state index contributed by atoms with van der Waals surface area (Å²) in [6.07, 6.45) is 1.54. The summed E-state index contributed by atoms with van der Waals surface area (Å²) in [5.41, 5.74) is 0.332. The molecule has 0 spiro atoms. The van der Waals surface area contributed by atoms with Crippen LogP contribution in [0, 0.1) is 11.3 Å². The Morgan fingerprint density at radius 3 is 2.50 bits per heavy atom. The highest BCUT2D eigenvalue weighted by atomic mass is 16.5. The van der Waals surface area contributed by atoms with E-state index in [-0.39, 0.29) is 0 Å². The normalized spacial score (nSPS) is 9.56. The van der Waals surface area contributed by atoms with Crippen LogP contribution in [0.3, 0.4) is 0 Å². The van der Waals surface area contributed by atoms with Crippen molar-refractivity contribution in [2.24, 2.45) is 0 Å². The van der Waals surface area contributed by atoms with Crippen molar-refractivity contribution in [1.82, 2.24) is 4.98 Å². The van der Waals surface area contributed by atoms with Crippen molar-refractivity contribution in [3.8, 4) is 23.3 Å². The molecule has 0 saturated carbocycles. The second-order valence-corrected chi connectivity index (χ2v) is 3.50. The minimum absolute atomic E-state index is 0.332. The summed E-state index contributed by atoms with van der Waals surface area (Å²) in [5, 5.41) is 8.74. The molecule has 0 aliphatic carbocycles. The molecule has 0 aliphatic heterocycles. The third-order valence-electron chi connectivity index (χ3n) is 2.22. The van der Waals surface area contributed by atoms with Crippen LogP contribution in [0.1, 0.15) is 12.6 Å². The van der Waals surface area contributed by atoms with Gasteiger partial charge in [0.25, 0.3) is 0 Å². The highest BCUT2D eigenvalue weighted by molar-refractivity contribution is 5.37. The molecule has 0 atom stereocenters. The minimum Gasteiger partial charge on any atom is -0.494 e. The topological polar surface area (TPSA) is 55.1 Å². The Balaban J connectivity index is 2.11. The first-order chi connectivity index (χ1) is 8.81. The van der Waals surface area contributed by atoms with Gasteiger partial charge in [0.2, 0.25) is 0 Å². The summed E-state index contributed by atoms with van der Waals surface area (Å²) < 4.78 is 10.9. The predicted octanol–water partition coefficient (Wildman–Crippen LogP) is 3.14. The van der Waals surface area contributed by atoms with E-state index in [1.165, 1.54) is 0 Å². The SMILES string of the molecule is CCOc1ccc(Oc2ccnc(C#N)c2)cc1. The summed E-state index contributed by atoms with van der Waals surface area (Å²) in [6, 6.07) is 12.6. The molecule has 2 rings (SSSR count). The molecule has 0 N–H and O–H groups in total. The van der Waals surface area contributed by atoms with Gasteiger partial charge in [-0.25, -0.2) is 4.98 Å². The lowest BCUT2D eigenvalue weighted by molar-refractivity contribution is 0.339. The molecular weight excluding hydrogens is 228 g/mol. The van der Waals surface area contributed by atoms with Crippen molar-refractivity contribution in [2.45, 2.75) is 6.92 Å². The fourth-order valence-corrected chi connectivity index (χ4v) is 1.44. The van der Waals surface area contributed by atoms with Crippen LogP contribution in [0.15, 0.2) is 42.6 Å². The average Bonchev–Trinajstić information content (AvgIpc) is 2.42. The van der Waals surface area contributed by atoms with Crippen molar-refractivity contribution in [3.63, 3.8) is 0 Å². The van der Waals surface area contributed by atoms with Gasteiger partial charge in [-0.05, 0) is 37.3 Å². The van der Waals surface area contributed by atoms with Crippen molar-refractivity contribution in [2.75, 3.05) is 6.61 Å². The Morgan fingerprint density at radius 1 is 1.11 bits per heavy atom. The fourth-order valence-electron chi connectivity index (χ4n) is 1.44. The Morgan fingerprint density at radius 2 is 1.83 bits per heavy atom. The molecule has 1 aromatic heterocycles. The van der Waals surface area contributed by atoms with Crippen molar-refractivity contribution in [1.29, 1.82) is 5.26 Å². The molecular formula is C14H12N2O2. The van der Waals surface area contributed by atoms with Crippen LogP contribution in [-0.2, 0) is 0 Å². The summed E-state index contributed by atoms with van der Waals surface area (Å²) >= 11 is 0. The van der Waals surface area contributed by atoms with E-state index in [1.54, 1.807) is 18.3 Å². The Bertz CT molecular complexity index is 559. The Labute approximate surface area is 105 Å². The van der Waals surface area contributed by atoms with E-state index < -0.39 is 0 Å². The number of hydrogen-bond donors (Lipinski definition) is 0. The first-order valence-electron chi connectivity index (χ1n) is 5.58. The van der Waals surface area contributed by atoms with Crippen molar-refractivity contribution < 1.29 is 9.47 Å². The standard InChI is InChI=1S/C14H12N2O2/c1-2-17-12-3-5-13(6-4-12)18-14-7-8-16-11(9-14)10-15/h3-9H,2H2,1H3. The third-order valence-corrected chi connectivity index (χ3v) is 2.22. The molecule has 0 amide bonds. The molecule has 0 saturated heterocycles. The second-order valence-electron chi connectivity index (χ2n) is 3.50. The Kier molecular flexibility index (Phi) is 3.77. The third kappa shape index (κ3) is 2.98. The monoisotopic (exact) mass is 240 g/mol. The lowest BCUT2D eigenvalue weighted by atomic mass is 10.3. The maximum Gasteiger partial charge on any atom is 0.144 e. The predicted molar refractivity (Wildman–Crippen MR) is 66.6 cm³/mol. The number of benzene rings is 1. The van der Waals surface area contributed by atoms with Crippen LogP contribution in [0.5, 0.6) is 17.2 Å². The molecule has 0 bridgehead atoms. The molecule has 1 aromatic carbocycles. The molecule has 0 unspecified atom stereocenters. The fraction of sp³-hybridized carbons (Fsp3) is 0.143. The lowest BCUT2D eigenvalue weighted by Gasteiger charge is -2.07. The van der Waals surface area contributed by atoms with E-state index in [2.05, 4.69) is 4.98 Å².